The molecule has 0 spiro atoms. The Hall–Kier alpha value is -1.68. The predicted molar refractivity (Wildman–Crippen MR) is 96.7 cm³/mol. The van der Waals surface area contributed by atoms with Crippen LogP contribution in [0, 0.1) is 0 Å². The summed E-state index contributed by atoms with van der Waals surface area (Å²) in [5.74, 6) is -0.184. The van der Waals surface area contributed by atoms with Crippen LogP contribution in [0.5, 0.6) is 0 Å². The second-order valence-corrected chi connectivity index (χ2v) is 7.22. The highest BCUT2D eigenvalue weighted by atomic mass is 19.4. The first-order valence-corrected chi connectivity index (χ1v) is 9.27. The molecule has 2 aliphatic heterocycles. The number of nitrogens with zero attached hydrogens (tertiary/aromatic N) is 2. The van der Waals surface area contributed by atoms with Crippen molar-refractivity contribution in [3.63, 3.8) is 0 Å². The zero-order valence-corrected chi connectivity index (χ0v) is 15.8. The third kappa shape index (κ3) is 5.91. The fraction of sp³-hybridized carbons (Fsp3) is 0.632. The van der Waals surface area contributed by atoms with Gasteiger partial charge in [-0.05, 0) is 50.6 Å². The molecule has 1 unspecified atom stereocenters. The first-order valence-electron chi connectivity index (χ1n) is 9.27. The number of alkyl halides is 3. The molecule has 6 nitrogen and oxygen atoms in total. The van der Waals surface area contributed by atoms with E-state index < -0.39 is 23.9 Å². The largest absolute Gasteiger partial charge is 0.416 e. The number of hydrogen-bond donors (Lipinski definition) is 3. The van der Waals surface area contributed by atoms with Crippen molar-refractivity contribution in [1.29, 1.82) is 0 Å². The highest BCUT2D eigenvalue weighted by Crippen LogP contribution is 2.29. The molecule has 2 fully saturated rings. The van der Waals surface area contributed by atoms with E-state index >= 15 is 0 Å². The summed E-state index contributed by atoms with van der Waals surface area (Å²) in [5.41, 5.74) is -0.407. The van der Waals surface area contributed by atoms with Gasteiger partial charge in [-0.1, -0.05) is 0 Å². The maximum Gasteiger partial charge on any atom is 0.416 e. The fourth-order valence-electron chi connectivity index (χ4n) is 3.30. The lowest BCUT2D eigenvalue weighted by Gasteiger charge is -2.37. The second kappa shape index (κ2) is 9.69. The van der Waals surface area contributed by atoms with E-state index in [9.17, 15) is 28.2 Å². The third-order valence-electron chi connectivity index (χ3n) is 5.12. The number of aliphatic hydroxyl groups is 3. The van der Waals surface area contributed by atoms with Crippen molar-refractivity contribution < 1.29 is 33.3 Å². The smallest absolute Gasteiger partial charge is 0.395 e. The Balaban J connectivity index is 0.000000221. The molecule has 0 aromatic heterocycles. The number of halogens is 3. The van der Waals surface area contributed by atoms with Gasteiger partial charge in [-0.2, -0.15) is 13.2 Å². The number of likely N-dealkylation sites (tertiary alicyclic amines) is 2. The van der Waals surface area contributed by atoms with Crippen molar-refractivity contribution >= 4 is 5.91 Å². The normalized spacial score (nSPS) is 26.0. The highest BCUT2D eigenvalue weighted by molar-refractivity contribution is 5.94. The van der Waals surface area contributed by atoms with Gasteiger partial charge in [0.1, 0.15) is 0 Å². The zero-order valence-electron chi connectivity index (χ0n) is 15.8. The monoisotopic (exact) mass is 404 g/mol. The van der Waals surface area contributed by atoms with Gasteiger partial charge in [-0.3, -0.25) is 9.69 Å². The van der Waals surface area contributed by atoms with Crippen molar-refractivity contribution in [2.45, 2.75) is 43.7 Å². The lowest BCUT2D eigenvalue weighted by Crippen LogP contribution is -2.51. The number of β-amino-alcohol motifs (C(OH)–C–C–N with tert-alkyl or cyclic N) is 1. The number of piperidine rings is 1. The molecular formula is C19H27F3N2O4. The minimum absolute atomic E-state index is 0.00611. The van der Waals surface area contributed by atoms with Crippen LogP contribution in [-0.4, -0.2) is 82.6 Å². The summed E-state index contributed by atoms with van der Waals surface area (Å²) < 4.78 is 37.0. The van der Waals surface area contributed by atoms with E-state index in [1.165, 1.54) is 12.1 Å². The van der Waals surface area contributed by atoms with Crippen molar-refractivity contribution in [3.05, 3.63) is 35.4 Å². The average molecular weight is 404 g/mol. The Morgan fingerprint density at radius 1 is 1.11 bits per heavy atom. The maximum absolute atomic E-state index is 12.3. The second-order valence-electron chi connectivity index (χ2n) is 7.22. The van der Waals surface area contributed by atoms with E-state index in [1.54, 1.807) is 4.90 Å². The molecule has 2 heterocycles. The average Bonchev–Trinajstić information content (AvgIpc) is 3.19. The summed E-state index contributed by atoms with van der Waals surface area (Å²) in [5, 5.41) is 27.2. The molecule has 3 N–H and O–H groups in total. The molecule has 3 rings (SSSR count). The summed E-state index contributed by atoms with van der Waals surface area (Å²) >= 11 is 0. The molecule has 9 heteroatoms. The van der Waals surface area contributed by atoms with Crippen LogP contribution in [0.15, 0.2) is 24.3 Å². The summed E-state index contributed by atoms with van der Waals surface area (Å²) in [6.07, 6.45) is -3.31. The van der Waals surface area contributed by atoms with Crippen LogP contribution in [0.3, 0.4) is 0 Å². The third-order valence-corrected chi connectivity index (χ3v) is 5.12. The molecule has 0 radical (unpaired) electrons. The molecule has 1 amide bonds. The van der Waals surface area contributed by atoms with Gasteiger partial charge in [0.15, 0.2) is 0 Å². The van der Waals surface area contributed by atoms with Crippen molar-refractivity contribution in [2.24, 2.45) is 0 Å². The summed E-state index contributed by atoms with van der Waals surface area (Å²) in [7, 11) is 1.83. The Labute approximate surface area is 162 Å². The summed E-state index contributed by atoms with van der Waals surface area (Å²) in [4.78, 5) is 15.4. The number of rotatable bonds is 2. The van der Waals surface area contributed by atoms with E-state index in [0.717, 1.165) is 25.0 Å². The molecule has 2 aliphatic rings. The molecule has 0 bridgehead atoms. The first kappa shape index (κ1) is 22.6. The van der Waals surface area contributed by atoms with Crippen molar-refractivity contribution in [2.75, 3.05) is 33.3 Å². The van der Waals surface area contributed by atoms with Crippen molar-refractivity contribution in [1.82, 2.24) is 9.80 Å². The quantitative estimate of drug-likeness (QED) is 0.693. The van der Waals surface area contributed by atoms with Crippen LogP contribution >= 0.6 is 0 Å². The number of carbonyl (C=O) groups is 1. The lowest BCUT2D eigenvalue weighted by atomic mass is 9.98. The number of aliphatic hydroxyl groups excluding tert-OH is 3. The topological polar surface area (TPSA) is 84.2 Å². The van der Waals surface area contributed by atoms with E-state index in [0.29, 0.717) is 31.6 Å². The Kier molecular flexibility index (Phi) is 7.82. The molecule has 0 saturated carbocycles. The molecule has 3 atom stereocenters. The Morgan fingerprint density at radius 3 is 2.18 bits per heavy atom. The van der Waals surface area contributed by atoms with Gasteiger partial charge in [-0.15, -0.1) is 0 Å². The molecule has 28 heavy (non-hydrogen) atoms. The van der Waals surface area contributed by atoms with Crippen LogP contribution in [0.1, 0.15) is 35.2 Å². The van der Waals surface area contributed by atoms with Crippen LogP contribution in [-0.2, 0) is 6.18 Å². The van der Waals surface area contributed by atoms with Crippen molar-refractivity contribution in [3.8, 4) is 0 Å². The van der Waals surface area contributed by atoms with Gasteiger partial charge in [-0.25, -0.2) is 0 Å². The van der Waals surface area contributed by atoms with Gasteiger partial charge in [0.25, 0.3) is 5.91 Å². The maximum atomic E-state index is 12.3. The molecule has 1 aromatic rings. The standard InChI is InChI=1S/C12H12F3NO.C7H15NO3/c13-12(14,15)10-5-3-9(4-6-10)11(17)16-7-1-2-8-16;1-8-3-7(11)6(10)2-5(8)4-9/h3-6H,1-2,7-8H2;5-7,9-11H,2-4H2,1H3/t;5-,6?,7+/m.1/s1. The molecule has 2 saturated heterocycles. The number of carbonyl (C=O) groups excluding carboxylic acids is 1. The number of amides is 1. The highest BCUT2D eigenvalue weighted by Gasteiger charge is 2.31. The van der Waals surface area contributed by atoms with Gasteiger partial charge in [0, 0.05) is 31.2 Å². The molecular weight excluding hydrogens is 377 g/mol. The van der Waals surface area contributed by atoms with Gasteiger partial charge >= 0.3 is 6.18 Å². The fourth-order valence-corrected chi connectivity index (χ4v) is 3.30. The number of likely N-dealkylation sites (N-methyl/N-ethyl adjacent to an activating group) is 1. The van der Waals surface area contributed by atoms with Gasteiger partial charge in [0.05, 0.1) is 24.4 Å². The SMILES string of the molecule is CN1C[C@H](O)C(O)C[C@@H]1CO.O=C(c1ccc(C(F)(F)F)cc1)N1CCCC1. The summed E-state index contributed by atoms with van der Waals surface area (Å²) in [6, 6.07) is 4.37. The first-order chi connectivity index (χ1) is 13.1. The minimum atomic E-state index is -4.35. The summed E-state index contributed by atoms with van der Waals surface area (Å²) in [6.45, 7) is 1.87. The predicted octanol–water partition coefficient (Wildman–Crippen LogP) is 1.35. The van der Waals surface area contributed by atoms with Gasteiger partial charge in [0.2, 0.25) is 0 Å². The van der Waals surface area contributed by atoms with E-state index in [1.807, 2.05) is 11.9 Å². The van der Waals surface area contributed by atoms with E-state index in [-0.39, 0.29) is 18.6 Å². The van der Waals surface area contributed by atoms with Crippen LogP contribution in [0.2, 0.25) is 0 Å². The van der Waals surface area contributed by atoms with Crippen LogP contribution in [0.4, 0.5) is 13.2 Å². The van der Waals surface area contributed by atoms with Crippen LogP contribution < -0.4 is 0 Å². The molecule has 0 aliphatic carbocycles. The minimum Gasteiger partial charge on any atom is -0.395 e. The van der Waals surface area contributed by atoms with Crippen LogP contribution in [0.25, 0.3) is 0 Å². The van der Waals surface area contributed by atoms with Gasteiger partial charge < -0.3 is 20.2 Å². The Bertz CT molecular complexity index is 633. The Morgan fingerprint density at radius 2 is 1.68 bits per heavy atom. The van der Waals surface area contributed by atoms with E-state index in [4.69, 9.17) is 5.11 Å². The lowest BCUT2D eigenvalue weighted by molar-refractivity contribution is -0.137. The number of hydrogen-bond acceptors (Lipinski definition) is 5. The number of benzene rings is 1. The molecule has 158 valence electrons. The zero-order chi connectivity index (χ0) is 20.9. The van der Waals surface area contributed by atoms with E-state index in [2.05, 4.69) is 0 Å². The molecule has 1 aromatic carbocycles.